The lowest BCUT2D eigenvalue weighted by Gasteiger charge is -2.23. The van der Waals surface area contributed by atoms with Gasteiger partial charge in [0, 0.05) is 6.20 Å². The zero-order valence-corrected chi connectivity index (χ0v) is 12.2. The molecule has 1 amide bonds. The smallest absolute Gasteiger partial charge is 0.387 e. The van der Waals surface area contributed by atoms with Crippen molar-refractivity contribution in [1.82, 2.24) is 4.98 Å². The number of amides is 1. The number of alkyl halides is 2. The number of anilines is 1. The van der Waals surface area contributed by atoms with Crippen LogP contribution < -0.4 is 9.64 Å². The van der Waals surface area contributed by atoms with Crippen LogP contribution in [0.25, 0.3) is 0 Å². The van der Waals surface area contributed by atoms with E-state index in [0.717, 1.165) is 5.56 Å². The van der Waals surface area contributed by atoms with Gasteiger partial charge in [0.05, 0.1) is 5.75 Å². The van der Waals surface area contributed by atoms with Crippen molar-refractivity contribution in [2.24, 2.45) is 0 Å². The first kappa shape index (κ1) is 14.8. The normalized spacial score (nSPS) is 18.0. The summed E-state index contributed by atoms with van der Waals surface area (Å²) in [4.78, 5) is 17.9. The van der Waals surface area contributed by atoms with Crippen molar-refractivity contribution in [2.75, 3.05) is 10.7 Å². The predicted octanol–water partition coefficient (Wildman–Crippen LogP) is 3.46. The maximum absolute atomic E-state index is 12.2. The molecule has 1 aliphatic heterocycles. The van der Waals surface area contributed by atoms with Gasteiger partial charge in [-0.05, 0) is 29.8 Å². The predicted molar refractivity (Wildman–Crippen MR) is 80.0 cm³/mol. The van der Waals surface area contributed by atoms with Gasteiger partial charge in [-0.3, -0.25) is 9.69 Å². The second-order valence-electron chi connectivity index (χ2n) is 4.56. The lowest BCUT2D eigenvalue weighted by molar-refractivity contribution is -0.115. The molecular formula is C15H12F2N2O2S. The van der Waals surface area contributed by atoms with Gasteiger partial charge in [-0.15, -0.1) is 11.8 Å². The zero-order chi connectivity index (χ0) is 15.5. The molecule has 1 atom stereocenters. The third-order valence-electron chi connectivity index (χ3n) is 3.15. The van der Waals surface area contributed by atoms with Crippen LogP contribution in [0.2, 0.25) is 0 Å². The van der Waals surface area contributed by atoms with Crippen molar-refractivity contribution < 1.29 is 18.3 Å². The molecule has 0 radical (unpaired) electrons. The van der Waals surface area contributed by atoms with Crippen LogP contribution in [-0.4, -0.2) is 23.3 Å². The van der Waals surface area contributed by atoms with Crippen LogP contribution in [0.1, 0.15) is 10.9 Å². The van der Waals surface area contributed by atoms with Crippen LogP contribution in [0.4, 0.5) is 14.6 Å². The van der Waals surface area contributed by atoms with Crippen LogP contribution in [0, 0.1) is 0 Å². The van der Waals surface area contributed by atoms with Crippen molar-refractivity contribution in [3.05, 3.63) is 54.2 Å². The Morgan fingerprint density at radius 3 is 2.64 bits per heavy atom. The number of halogens is 2. The van der Waals surface area contributed by atoms with Gasteiger partial charge < -0.3 is 4.74 Å². The lowest BCUT2D eigenvalue weighted by atomic mass is 10.2. The number of hydrogen-bond acceptors (Lipinski definition) is 4. The molecule has 3 rings (SSSR count). The average Bonchev–Trinajstić information content (AvgIpc) is 2.90. The molecule has 4 nitrogen and oxygen atoms in total. The summed E-state index contributed by atoms with van der Waals surface area (Å²) in [5, 5.41) is -0.219. The van der Waals surface area contributed by atoms with E-state index < -0.39 is 6.61 Å². The highest BCUT2D eigenvalue weighted by Gasteiger charge is 2.34. The van der Waals surface area contributed by atoms with E-state index in [0.29, 0.717) is 11.6 Å². The Balaban J connectivity index is 1.85. The van der Waals surface area contributed by atoms with E-state index in [9.17, 15) is 13.6 Å². The summed E-state index contributed by atoms with van der Waals surface area (Å²) < 4.78 is 28.7. The maximum atomic E-state index is 12.2. The first-order valence-corrected chi connectivity index (χ1v) is 7.59. The molecule has 22 heavy (non-hydrogen) atoms. The molecule has 0 aliphatic carbocycles. The number of thioether (sulfide) groups is 1. The molecule has 7 heteroatoms. The van der Waals surface area contributed by atoms with Gasteiger partial charge in [0.25, 0.3) is 0 Å². The van der Waals surface area contributed by atoms with Crippen molar-refractivity contribution in [1.29, 1.82) is 0 Å². The van der Waals surface area contributed by atoms with E-state index in [4.69, 9.17) is 0 Å². The Morgan fingerprint density at radius 1 is 1.23 bits per heavy atom. The number of carbonyl (C=O) groups excluding carboxylic acids is 1. The highest BCUT2D eigenvalue weighted by molar-refractivity contribution is 8.00. The third kappa shape index (κ3) is 3.04. The quantitative estimate of drug-likeness (QED) is 0.864. The minimum atomic E-state index is -2.85. The molecule has 114 valence electrons. The van der Waals surface area contributed by atoms with Crippen molar-refractivity contribution in [3.8, 4) is 5.75 Å². The van der Waals surface area contributed by atoms with E-state index >= 15 is 0 Å². The van der Waals surface area contributed by atoms with Crippen LogP contribution in [-0.2, 0) is 4.79 Å². The molecule has 0 bridgehead atoms. The van der Waals surface area contributed by atoms with Gasteiger partial charge in [0.2, 0.25) is 5.91 Å². The van der Waals surface area contributed by atoms with Gasteiger partial charge in [0.1, 0.15) is 16.9 Å². The van der Waals surface area contributed by atoms with E-state index in [1.807, 2.05) is 6.07 Å². The van der Waals surface area contributed by atoms with Crippen LogP contribution in [0.5, 0.6) is 5.75 Å². The Bertz CT molecular complexity index is 652. The number of hydrogen-bond donors (Lipinski definition) is 0. The molecule has 1 unspecified atom stereocenters. The number of pyridine rings is 1. The van der Waals surface area contributed by atoms with E-state index in [1.165, 1.54) is 23.9 Å². The molecule has 0 spiro atoms. The molecule has 1 fully saturated rings. The summed E-state index contributed by atoms with van der Waals surface area (Å²) >= 11 is 1.47. The summed E-state index contributed by atoms with van der Waals surface area (Å²) in [7, 11) is 0. The van der Waals surface area contributed by atoms with Crippen LogP contribution >= 0.6 is 11.8 Å². The maximum Gasteiger partial charge on any atom is 0.387 e. The monoisotopic (exact) mass is 322 g/mol. The highest BCUT2D eigenvalue weighted by atomic mass is 32.2. The molecule has 1 aromatic heterocycles. The van der Waals surface area contributed by atoms with Gasteiger partial charge in [-0.25, -0.2) is 4.98 Å². The highest BCUT2D eigenvalue weighted by Crippen LogP contribution is 2.41. The van der Waals surface area contributed by atoms with Gasteiger partial charge >= 0.3 is 6.61 Å². The summed E-state index contributed by atoms with van der Waals surface area (Å²) in [6, 6.07) is 11.7. The minimum Gasteiger partial charge on any atom is -0.435 e. The minimum absolute atomic E-state index is 0.0263. The number of aromatic nitrogens is 1. The van der Waals surface area contributed by atoms with Gasteiger partial charge in [-0.1, -0.05) is 18.2 Å². The molecule has 2 aromatic rings. The molecule has 1 aromatic carbocycles. The number of rotatable bonds is 4. The molecular weight excluding hydrogens is 310 g/mol. The summed E-state index contributed by atoms with van der Waals surface area (Å²) in [6.07, 6.45) is 1.63. The summed E-state index contributed by atoms with van der Waals surface area (Å²) in [5.41, 5.74) is 0.836. The average molecular weight is 322 g/mol. The molecule has 0 N–H and O–H groups in total. The summed E-state index contributed by atoms with van der Waals surface area (Å²) in [6.45, 7) is -2.85. The molecule has 0 saturated carbocycles. The van der Waals surface area contributed by atoms with E-state index in [-0.39, 0.29) is 17.0 Å². The fraction of sp³-hybridized carbons (Fsp3) is 0.200. The first-order chi connectivity index (χ1) is 10.6. The SMILES string of the molecule is O=C1CSC(c2ccc(OC(F)F)cc2)N1c1ccccn1. The Morgan fingerprint density at radius 2 is 2.00 bits per heavy atom. The second-order valence-corrected chi connectivity index (χ2v) is 5.63. The fourth-order valence-corrected chi connectivity index (χ4v) is 3.39. The second kappa shape index (κ2) is 6.31. The number of ether oxygens (including phenoxy) is 1. The largest absolute Gasteiger partial charge is 0.435 e. The fourth-order valence-electron chi connectivity index (χ4n) is 2.23. The Hall–Kier alpha value is -2.15. The standard InChI is InChI=1S/C15H12F2N2O2S/c16-15(17)21-11-6-4-10(5-7-11)14-19(13(20)9-22-14)12-3-1-2-8-18-12/h1-8,14-15H,9H2. The van der Waals surface area contributed by atoms with E-state index in [2.05, 4.69) is 9.72 Å². The molecule has 2 heterocycles. The van der Waals surface area contributed by atoms with Crippen molar-refractivity contribution in [3.63, 3.8) is 0 Å². The van der Waals surface area contributed by atoms with Crippen LogP contribution in [0.3, 0.4) is 0 Å². The van der Waals surface area contributed by atoms with Crippen molar-refractivity contribution in [2.45, 2.75) is 12.0 Å². The first-order valence-electron chi connectivity index (χ1n) is 6.54. The Labute approximate surface area is 130 Å². The Kier molecular flexibility index (Phi) is 4.24. The number of nitrogens with zero attached hydrogens (tertiary/aromatic N) is 2. The number of benzene rings is 1. The summed E-state index contributed by atoms with van der Waals surface area (Å²) in [5.74, 6) is 1.01. The van der Waals surface area contributed by atoms with Crippen LogP contribution in [0.15, 0.2) is 48.7 Å². The lowest BCUT2D eigenvalue weighted by Crippen LogP contribution is -2.28. The van der Waals surface area contributed by atoms with Gasteiger partial charge in [-0.2, -0.15) is 8.78 Å². The molecule has 1 saturated heterocycles. The number of carbonyl (C=O) groups is 1. The van der Waals surface area contributed by atoms with E-state index in [1.54, 1.807) is 35.4 Å². The molecule has 1 aliphatic rings. The van der Waals surface area contributed by atoms with Gasteiger partial charge in [0.15, 0.2) is 0 Å². The van der Waals surface area contributed by atoms with Crippen molar-refractivity contribution >= 4 is 23.5 Å². The topological polar surface area (TPSA) is 42.4 Å². The zero-order valence-electron chi connectivity index (χ0n) is 11.4. The third-order valence-corrected chi connectivity index (χ3v) is 4.37.